The molecular weight excluding hydrogens is 298 g/mol. The van der Waals surface area contributed by atoms with Gasteiger partial charge < -0.3 is 4.90 Å². The molecule has 0 radical (unpaired) electrons. The van der Waals surface area contributed by atoms with Gasteiger partial charge in [-0.15, -0.1) is 11.3 Å². The molecule has 1 saturated heterocycles. The Morgan fingerprint density at radius 1 is 1.47 bits per heavy atom. The van der Waals surface area contributed by atoms with E-state index < -0.39 is 0 Å². The Labute approximate surface area is 115 Å². The number of rotatable bonds is 1. The summed E-state index contributed by atoms with van der Waals surface area (Å²) < 4.78 is 0.922. The zero-order valence-electron chi connectivity index (χ0n) is 10.4. The molecule has 2 heterocycles. The first-order valence-electron chi connectivity index (χ1n) is 6.04. The summed E-state index contributed by atoms with van der Waals surface area (Å²) in [7, 11) is 0. The molecule has 1 aromatic rings. The summed E-state index contributed by atoms with van der Waals surface area (Å²) >= 11 is 4.96. The quantitative estimate of drug-likeness (QED) is 0.766. The van der Waals surface area contributed by atoms with Crippen molar-refractivity contribution in [2.24, 2.45) is 11.8 Å². The van der Waals surface area contributed by atoms with Crippen molar-refractivity contribution in [3.63, 3.8) is 0 Å². The van der Waals surface area contributed by atoms with Gasteiger partial charge in [-0.2, -0.15) is 0 Å². The third-order valence-corrected chi connectivity index (χ3v) is 5.50. The highest BCUT2D eigenvalue weighted by Gasteiger charge is 2.33. The van der Waals surface area contributed by atoms with Crippen LogP contribution in [-0.4, -0.2) is 23.4 Å². The van der Waals surface area contributed by atoms with E-state index in [1.165, 1.54) is 17.8 Å². The van der Waals surface area contributed by atoms with Crippen LogP contribution >= 0.6 is 27.3 Å². The van der Waals surface area contributed by atoms with Gasteiger partial charge in [-0.05, 0) is 52.6 Å². The van der Waals surface area contributed by atoms with Gasteiger partial charge >= 0.3 is 0 Å². The van der Waals surface area contributed by atoms with Crippen molar-refractivity contribution in [2.75, 3.05) is 6.54 Å². The SMILES string of the molecule is CC1CC(C)C(C)N(C(=O)c2sccc2Br)C1. The van der Waals surface area contributed by atoms with E-state index in [0.29, 0.717) is 17.9 Å². The summed E-state index contributed by atoms with van der Waals surface area (Å²) in [6.07, 6.45) is 1.22. The largest absolute Gasteiger partial charge is 0.335 e. The molecule has 1 amide bonds. The summed E-state index contributed by atoms with van der Waals surface area (Å²) in [6.45, 7) is 7.51. The molecule has 3 unspecified atom stereocenters. The van der Waals surface area contributed by atoms with Crippen LogP contribution in [0, 0.1) is 11.8 Å². The molecule has 1 aliphatic heterocycles. The average Bonchev–Trinajstić information content (AvgIpc) is 2.69. The van der Waals surface area contributed by atoms with Crippen molar-refractivity contribution in [3.8, 4) is 0 Å². The highest BCUT2D eigenvalue weighted by Crippen LogP contribution is 2.31. The van der Waals surface area contributed by atoms with Crippen LogP contribution in [0.25, 0.3) is 0 Å². The average molecular weight is 316 g/mol. The van der Waals surface area contributed by atoms with Crippen molar-refractivity contribution in [3.05, 3.63) is 20.8 Å². The molecule has 0 N–H and O–H groups in total. The van der Waals surface area contributed by atoms with Gasteiger partial charge in [-0.3, -0.25) is 4.79 Å². The van der Waals surface area contributed by atoms with Crippen LogP contribution in [0.5, 0.6) is 0 Å². The van der Waals surface area contributed by atoms with Gasteiger partial charge in [-0.25, -0.2) is 0 Å². The van der Waals surface area contributed by atoms with E-state index in [-0.39, 0.29) is 5.91 Å². The zero-order valence-corrected chi connectivity index (χ0v) is 12.8. The van der Waals surface area contributed by atoms with Gasteiger partial charge in [0.2, 0.25) is 0 Å². The normalized spacial score (nSPS) is 29.4. The number of halogens is 1. The van der Waals surface area contributed by atoms with Crippen molar-refractivity contribution in [1.82, 2.24) is 4.90 Å². The van der Waals surface area contributed by atoms with Crippen LogP contribution in [0.2, 0.25) is 0 Å². The maximum atomic E-state index is 12.5. The summed E-state index contributed by atoms with van der Waals surface area (Å²) in [6, 6.07) is 2.28. The fourth-order valence-electron chi connectivity index (χ4n) is 2.56. The molecule has 17 heavy (non-hydrogen) atoms. The van der Waals surface area contributed by atoms with Gasteiger partial charge in [0, 0.05) is 17.1 Å². The van der Waals surface area contributed by atoms with E-state index in [0.717, 1.165) is 15.9 Å². The lowest BCUT2D eigenvalue weighted by molar-refractivity contribution is 0.0459. The summed E-state index contributed by atoms with van der Waals surface area (Å²) in [4.78, 5) is 15.4. The second-order valence-electron chi connectivity index (χ2n) is 5.11. The Balaban J connectivity index is 2.21. The van der Waals surface area contributed by atoms with Crippen LogP contribution in [0.15, 0.2) is 15.9 Å². The van der Waals surface area contributed by atoms with Crippen molar-refractivity contribution in [1.29, 1.82) is 0 Å². The highest BCUT2D eigenvalue weighted by atomic mass is 79.9. The minimum absolute atomic E-state index is 0.178. The number of thiophene rings is 1. The topological polar surface area (TPSA) is 20.3 Å². The van der Waals surface area contributed by atoms with E-state index in [9.17, 15) is 4.79 Å². The number of nitrogens with zero attached hydrogens (tertiary/aromatic N) is 1. The molecule has 2 rings (SSSR count). The first-order valence-corrected chi connectivity index (χ1v) is 7.72. The fourth-order valence-corrected chi connectivity index (χ4v) is 4.06. The fraction of sp³-hybridized carbons (Fsp3) is 0.615. The second-order valence-corrected chi connectivity index (χ2v) is 6.88. The van der Waals surface area contributed by atoms with Gasteiger partial charge in [-0.1, -0.05) is 13.8 Å². The molecule has 0 aromatic carbocycles. The Bertz CT molecular complexity index is 417. The van der Waals surface area contributed by atoms with Gasteiger partial charge in [0.05, 0.1) is 0 Å². The lowest BCUT2D eigenvalue weighted by atomic mass is 9.86. The van der Waals surface area contributed by atoms with Crippen LogP contribution in [0.4, 0.5) is 0 Å². The zero-order chi connectivity index (χ0) is 12.6. The van der Waals surface area contributed by atoms with E-state index in [1.54, 1.807) is 0 Å². The molecular formula is C13H18BrNOS. The molecule has 0 spiro atoms. The minimum Gasteiger partial charge on any atom is -0.335 e. The second kappa shape index (κ2) is 5.11. The predicted molar refractivity (Wildman–Crippen MR) is 75.5 cm³/mol. The van der Waals surface area contributed by atoms with Crippen molar-refractivity contribution >= 4 is 33.2 Å². The molecule has 0 saturated carbocycles. The summed E-state index contributed by atoms with van der Waals surface area (Å²) in [5, 5.41) is 1.96. The highest BCUT2D eigenvalue weighted by molar-refractivity contribution is 9.10. The number of hydrogen-bond donors (Lipinski definition) is 0. The molecule has 0 bridgehead atoms. The Morgan fingerprint density at radius 3 is 2.76 bits per heavy atom. The summed E-state index contributed by atoms with van der Waals surface area (Å²) in [5.41, 5.74) is 0. The number of carbonyl (C=O) groups is 1. The van der Waals surface area contributed by atoms with Crippen LogP contribution in [0.1, 0.15) is 36.9 Å². The number of hydrogen-bond acceptors (Lipinski definition) is 2. The monoisotopic (exact) mass is 315 g/mol. The Morgan fingerprint density at radius 2 is 2.18 bits per heavy atom. The molecule has 2 nitrogen and oxygen atoms in total. The Hall–Kier alpha value is -0.350. The molecule has 1 fully saturated rings. The molecule has 3 atom stereocenters. The van der Waals surface area contributed by atoms with E-state index in [1.807, 2.05) is 16.3 Å². The Kier molecular flexibility index (Phi) is 3.93. The smallest absolute Gasteiger partial charge is 0.265 e. The van der Waals surface area contributed by atoms with E-state index in [2.05, 4.69) is 36.7 Å². The van der Waals surface area contributed by atoms with Gasteiger partial charge in [0.1, 0.15) is 4.88 Å². The molecule has 1 aliphatic rings. The third kappa shape index (κ3) is 2.58. The standard InChI is InChI=1S/C13H18BrNOS/c1-8-6-9(2)10(3)15(7-8)13(16)12-11(14)4-5-17-12/h4-5,8-10H,6-7H2,1-3H3. The summed E-state index contributed by atoms with van der Waals surface area (Å²) in [5.74, 6) is 1.36. The lowest BCUT2D eigenvalue weighted by Gasteiger charge is -2.41. The first-order chi connectivity index (χ1) is 8.00. The molecule has 4 heteroatoms. The maximum absolute atomic E-state index is 12.5. The van der Waals surface area contributed by atoms with Crippen LogP contribution in [-0.2, 0) is 0 Å². The van der Waals surface area contributed by atoms with Crippen LogP contribution < -0.4 is 0 Å². The lowest BCUT2D eigenvalue weighted by Crippen LogP contribution is -2.48. The van der Waals surface area contributed by atoms with Gasteiger partial charge in [0.25, 0.3) is 5.91 Å². The van der Waals surface area contributed by atoms with E-state index >= 15 is 0 Å². The van der Waals surface area contributed by atoms with Crippen LogP contribution in [0.3, 0.4) is 0 Å². The maximum Gasteiger partial charge on any atom is 0.265 e. The van der Waals surface area contributed by atoms with Crippen molar-refractivity contribution < 1.29 is 4.79 Å². The molecule has 0 aliphatic carbocycles. The third-order valence-electron chi connectivity index (χ3n) is 3.67. The number of carbonyl (C=O) groups excluding carboxylic acids is 1. The number of likely N-dealkylation sites (tertiary alicyclic amines) is 1. The predicted octanol–water partition coefficient (Wildman–Crippen LogP) is 4.02. The number of piperidine rings is 1. The van der Waals surface area contributed by atoms with E-state index in [4.69, 9.17) is 0 Å². The molecule has 94 valence electrons. The van der Waals surface area contributed by atoms with Crippen molar-refractivity contribution in [2.45, 2.75) is 33.2 Å². The van der Waals surface area contributed by atoms with Gasteiger partial charge in [0.15, 0.2) is 0 Å². The minimum atomic E-state index is 0.178. The first kappa shape index (κ1) is 13.1. The number of amides is 1. The molecule has 1 aromatic heterocycles.